The zero-order chi connectivity index (χ0) is 13.7. The summed E-state index contributed by atoms with van der Waals surface area (Å²) in [6, 6.07) is 10.6. The molecule has 0 aliphatic heterocycles. The number of hydrogen-bond acceptors (Lipinski definition) is 4. The van der Waals surface area contributed by atoms with Crippen molar-refractivity contribution < 1.29 is 0 Å². The van der Waals surface area contributed by atoms with Crippen LogP contribution in [0, 0.1) is 0 Å². The second-order valence-corrected chi connectivity index (χ2v) is 3.86. The van der Waals surface area contributed by atoms with E-state index in [0.717, 1.165) is 10.3 Å². The van der Waals surface area contributed by atoms with Crippen molar-refractivity contribution >= 4 is 11.5 Å². The molecule has 1 heterocycles. The fourth-order valence-electron chi connectivity index (χ4n) is 1.60. The van der Waals surface area contributed by atoms with Gasteiger partial charge in [0.1, 0.15) is 5.82 Å². The number of nitrogens with zero attached hydrogens (tertiary/aromatic N) is 1. The molecule has 0 aliphatic rings. The van der Waals surface area contributed by atoms with Gasteiger partial charge in [0.2, 0.25) is 0 Å². The summed E-state index contributed by atoms with van der Waals surface area (Å²) in [7, 11) is 0. The van der Waals surface area contributed by atoms with Gasteiger partial charge in [0, 0.05) is 11.8 Å². The van der Waals surface area contributed by atoms with Crippen molar-refractivity contribution in [3.8, 4) is 0 Å². The lowest BCUT2D eigenvalue weighted by Gasteiger charge is -2.07. The van der Waals surface area contributed by atoms with Gasteiger partial charge in [-0.3, -0.25) is 14.3 Å². The quantitative estimate of drug-likeness (QED) is 0.754. The summed E-state index contributed by atoms with van der Waals surface area (Å²) in [5.74, 6) is 0.356. The Labute approximate surface area is 109 Å². The van der Waals surface area contributed by atoms with Crippen LogP contribution in [-0.4, -0.2) is 9.55 Å². The SMILES string of the molecule is NC=CCn1c(=O)cc(Nc2ccccc2)[nH]c1=O. The number of rotatable bonds is 4. The maximum atomic E-state index is 11.8. The summed E-state index contributed by atoms with van der Waals surface area (Å²) < 4.78 is 1.06. The molecule has 1 aromatic heterocycles. The van der Waals surface area contributed by atoms with E-state index in [-0.39, 0.29) is 12.1 Å². The van der Waals surface area contributed by atoms with E-state index in [1.54, 1.807) is 0 Å². The number of nitrogens with two attached hydrogens (primary N) is 1. The second-order valence-electron chi connectivity index (χ2n) is 3.86. The molecule has 4 N–H and O–H groups in total. The summed E-state index contributed by atoms with van der Waals surface area (Å²) in [5, 5.41) is 2.96. The maximum Gasteiger partial charge on any atom is 0.330 e. The van der Waals surface area contributed by atoms with Crippen LogP contribution in [0.1, 0.15) is 0 Å². The molecule has 6 nitrogen and oxygen atoms in total. The van der Waals surface area contributed by atoms with Crippen molar-refractivity contribution in [3.63, 3.8) is 0 Å². The van der Waals surface area contributed by atoms with Crippen molar-refractivity contribution in [2.45, 2.75) is 6.54 Å². The highest BCUT2D eigenvalue weighted by Gasteiger charge is 2.03. The first-order valence-electron chi connectivity index (χ1n) is 5.73. The lowest BCUT2D eigenvalue weighted by atomic mass is 10.3. The lowest BCUT2D eigenvalue weighted by molar-refractivity contribution is 0.715. The van der Waals surface area contributed by atoms with Gasteiger partial charge in [-0.15, -0.1) is 0 Å². The third-order valence-corrected chi connectivity index (χ3v) is 2.50. The molecule has 2 aromatic rings. The number of aromatic nitrogens is 2. The first kappa shape index (κ1) is 12.7. The number of benzene rings is 1. The van der Waals surface area contributed by atoms with Crippen molar-refractivity contribution in [3.05, 3.63) is 69.5 Å². The topological polar surface area (TPSA) is 92.9 Å². The molecule has 0 radical (unpaired) electrons. The molecule has 0 spiro atoms. The lowest BCUT2D eigenvalue weighted by Crippen LogP contribution is -2.34. The molecule has 0 fully saturated rings. The van der Waals surface area contributed by atoms with Gasteiger partial charge >= 0.3 is 5.69 Å². The van der Waals surface area contributed by atoms with Crippen LogP contribution in [-0.2, 0) is 6.54 Å². The Morgan fingerprint density at radius 1 is 1.26 bits per heavy atom. The van der Waals surface area contributed by atoms with Gasteiger partial charge in [0.15, 0.2) is 0 Å². The van der Waals surface area contributed by atoms with Crippen LogP contribution >= 0.6 is 0 Å². The molecule has 19 heavy (non-hydrogen) atoms. The Morgan fingerprint density at radius 2 is 2.00 bits per heavy atom. The van der Waals surface area contributed by atoms with Gasteiger partial charge in [-0.25, -0.2) is 4.79 Å². The molecule has 98 valence electrons. The number of hydrogen-bond donors (Lipinski definition) is 3. The summed E-state index contributed by atoms with van der Waals surface area (Å²) in [5.41, 5.74) is 5.11. The van der Waals surface area contributed by atoms with Gasteiger partial charge in [0.05, 0.1) is 6.54 Å². The molecule has 2 rings (SSSR count). The van der Waals surface area contributed by atoms with Gasteiger partial charge in [0.25, 0.3) is 5.56 Å². The van der Waals surface area contributed by atoms with Crippen LogP contribution < -0.4 is 22.3 Å². The molecule has 0 bridgehead atoms. The third-order valence-electron chi connectivity index (χ3n) is 2.50. The Balaban J connectivity index is 2.30. The molecular weight excluding hydrogens is 244 g/mol. The molecule has 0 atom stereocenters. The second kappa shape index (κ2) is 5.72. The minimum absolute atomic E-state index is 0.149. The predicted molar refractivity (Wildman–Crippen MR) is 74.4 cm³/mol. The van der Waals surface area contributed by atoms with Crippen molar-refractivity contribution in [1.82, 2.24) is 9.55 Å². The molecular formula is C13H14N4O2. The summed E-state index contributed by atoms with van der Waals surface area (Å²) >= 11 is 0. The standard InChI is InChI=1S/C13H14N4O2/c14-7-4-8-17-12(18)9-11(16-13(17)19)15-10-5-2-1-3-6-10/h1-7,9,15H,8,14H2,(H,16,19). The average molecular weight is 258 g/mol. The molecule has 0 unspecified atom stereocenters. The number of para-hydroxylation sites is 1. The van der Waals surface area contributed by atoms with Crippen LogP contribution in [0.5, 0.6) is 0 Å². The number of aromatic amines is 1. The third kappa shape index (κ3) is 3.12. The number of anilines is 2. The number of H-pyrrole nitrogens is 1. The van der Waals surface area contributed by atoms with Crippen LogP contribution in [0.2, 0.25) is 0 Å². The van der Waals surface area contributed by atoms with Crippen LogP contribution in [0.4, 0.5) is 11.5 Å². The molecule has 0 saturated heterocycles. The molecule has 1 aromatic carbocycles. The van der Waals surface area contributed by atoms with E-state index < -0.39 is 5.69 Å². The summed E-state index contributed by atoms with van der Waals surface area (Å²) in [6.07, 6.45) is 2.82. The van der Waals surface area contributed by atoms with E-state index in [2.05, 4.69) is 10.3 Å². The average Bonchev–Trinajstić information content (AvgIpc) is 2.39. The van der Waals surface area contributed by atoms with E-state index in [4.69, 9.17) is 5.73 Å². The van der Waals surface area contributed by atoms with Crippen molar-refractivity contribution in [1.29, 1.82) is 0 Å². The molecule has 0 aliphatic carbocycles. The fourth-order valence-corrected chi connectivity index (χ4v) is 1.60. The zero-order valence-corrected chi connectivity index (χ0v) is 10.2. The largest absolute Gasteiger partial charge is 0.405 e. The van der Waals surface area contributed by atoms with Crippen molar-refractivity contribution in [2.24, 2.45) is 5.73 Å². The fraction of sp³-hybridized carbons (Fsp3) is 0.0769. The Hall–Kier alpha value is -2.76. The zero-order valence-electron chi connectivity index (χ0n) is 10.2. The molecule has 6 heteroatoms. The first-order valence-corrected chi connectivity index (χ1v) is 5.73. The van der Waals surface area contributed by atoms with Crippen LogP contribution in [0.15, 0.2) is 58.3 Å². The monoisotopic (exact) mass is 258 g/mol. The highest BCUT2D eigenvalue weighted by Crippen LogP contribution is 2.10. The minimum atomic E-state index is -0.482. The predicted octanol–water partition coefficient (Wildman–Crippen LogP) is 0.753. The van der Waals surface area contributed by atoms with E-state index in [9.17, 15) is 9.59 Å². The van der Waals surface area contributed by atoms with E-state index in [1.165, 1.54) is 18.3 Å². The maximum absolute atomic E-state index is 11.8. The van der Waals surface area contributed by atoms with Crippen LogP contribution in [0.3, 0.4) is 0 Å². The van der Waals surface area contributed by atoms with E-state index in [0.29, 0.717) is 5.82 Å². The summed E-state index contributed by atoms with van der Waals surface area (Å²) in [4.78, 5) is 26.1. The smallest absolute Gasteiger partial charge is 0.330 e. The number of allylic oxidation sites excluding steroid dienone is 1. The van der Waals surface area contributed by atoms with E-state index in [1.807, 2.05) is 30.3 Å². The highest BCUT2D eigenvalue weighted by molar-refractivity contribution is 5.54. The minimum Gasteiger partial charge on any atom is -0.405 e. The molecule has 0 amide bonds. The normalized spacial score (nSPS) is 10.7. The first-order chi connectivity index (χ1) is 9.20. The molecule has 0 saturated carbocycles. The van der Waals surface area contributed by atoms with Crippen LogP contribution in [0.25, 0.3) is 0 Å². The number of nitrogens with one attached hydrogen (secondary N) is 2. The Morgan fingerprint density at radius 3 is 2.63 bits per heavy atom. The Bertz CT molecular complexity index is 655. The van der Waals surface area contributed by atoms with Gasteiger partial charge in [-0.2, -0.15) is 0 Å². The van der Waals surface area contributed by atoms with Gasteiger partial charge in [-0.1, -0.05) is 18.2 Å². The summed E-state index contributed by atoms with van der Waals surface area (Å²) in [6.45, 7) is 0.149. The highest BCUT2D eigenvalue weighted by atomic mass is 16.2. The Kier molecular flexibility index (Phi) is 3.82. The van der Waals surface area contributed by atoms with Gasteiger partial charge in [-0.05, 0) is 24.4 Å². The van der Waals surface area contributed by atoms with Crippen molar-refractivity contribution in [2.75, 3.05) is 5.32 Å². The van der Waals surface area contributed by atoms with Gasteiger partial charge < -0.3 is 11.1 Å². The van der Waals surface area contributed by atoms with E-state index >= 15 is 0 Å².